The summed E-state index contributed by atoms with van der Waals surface area (Å²) in [6, 6.07) is 15.2. The molecule has 3 aromatic rings. The van der Waals surface area contributed by atoms with Crippen molar-refractivity contribution in [1.82, 2.24) is 15.5 Å². The minimum atomic E-state index is -0.201. The van der Waals surface area contributed by atoms with E-state index in [2.05, 4.69) is 15.5 Å². The fraction of sp³-hybridized carbons (Fsp3) is 0.211. The van der Waals surface area contributed by atoms with Gasteiger partial charge in [-0.15, -0.1) is 0 Å². The maximum absolute atomic E-state index is 12.4. The maximum Gasteiger partial charge on any atom is 0.227 e. The monoisotopic (exact) mass is 335 g/mol. The summed E-state index contributed by atoms with van der Waals surface area (Å²) >= 11 is 0. The number of rotatable bonds is 4. The number of nitrogens with zero attached hydrogens (tertiary/aromatic N) is 2. The molecule has 0 radical (unpaired) electrons. The lowest BCUT2D eigenvalue weighted by Crippen LogP contribution is -2.36. The van der Waals surface area contributed by atoms with Crippen LogP contribution in [0.1, 0.15) is 11.3 Å². The van der Waals surface area contributed by atoms with Crippen molar-refractivity contribution < 1.29 is 14.1 Å². The molecule has 4 rings (SSSR count). The van der Waals surface area contributed by atoms with E-state index in [1.807, 2.05) is 42.5 Å². The van der Waals surface area contributed by atoms with E-state index in [1.165, 1.54) is 0 Å². The Kier molecular flexibility index (Phi) is 4.16. The molecule has 6 heteroatoms. The summed E-state index contributed by atoms with van der Waals surface area (Å²) in [7, 11) is 0. The molecular formula is C19H17N3O3. The Morgan fingerprint density at radius 1 is 1.16 bits per heavy atom. The van der Waals surface area contributed by atoms with Gasteiger partial charge in [0, 0.05) is 12.3 Å². The Labute approximate surface area is 144 Å². The zero-order valence-corrected chi connectivity index (χ0v) is 13.5. The SMILES string of the molecule is O=C(NCc1cc(-c2ccccn2)no1)C1COc2ccccc2C1. The molecule has 0 aliphatic carbocycles. The van der Waals surface area contributed by atoms with Gasteiger partial charge in [0.25, 0.3) is 0 Å². The van der Waals surface area contributed by atoms with E-state index in [1.54, 1.807) is 12.3 Å². The van der Waals surface area contributed by atoms with Gasteiger partial charge in [0.2, 0.25) is 5.91 Å². The molecule has 126 valence electrons. The Bertz CT molecular complexity index is 876. The maximum atomic E-state index is 12.4. The molecule has 1 atom stereocenters. The molecule has 0 saturated heterocycles. The lowest BCUT2D eigenvalue weighted by atomic mass is 9.96. The van der Waals surface area contributed by atoms with Gasteiger partial charge < -0.3 is 14.6 Å². The van der Waals surface area contributed by atoms with Crippen LogP contribution in [0.15, 0.2) is 59.3 Å². The summed E-state index contributed by atoms with van der Waals surface area (Å²) in [4.78, 5) is 16.6. The van der Waals surface area contributed by atoms with Crippen LogP contribution in [0, 0.1) is 5.92 Å². The molecule has 0 spiro atoms. The molecule has 0 saturated carbocycles. The molecular weight excluding hydrogens is 318 g/mol. The first kappa shape index (κ1) is 15.4. The number of hydrogen-bond donors (Lipinski definition) is 1. The van der Waals surface area contributed by atoms with Crippen LogP contribution in [0.5, 0.6) is 5.75 Å². The second-order valence-corrected chi connectivity index (χ2v) is 5.93. The van der Waals surface area contributed by atoms with Crippen molar-refractivity contribution in [1.29, 1.82) is 0 Å². The number of hydrogen-bond acceptors (Lipinski definition) is 5. The van der Waals surface area contributed by atoms with Crippen LogP contribution in [0.4, 0.5) is 0 Å². The van der Waals surface area contributed by atoms with Crippen LogP contribution >= 0.6 is 0 Å². The normalized spacial score (nSPS) is 15.9. The van der Waals surface area contributed by atoms with Gasteiger partial charge in [0.1, 0.15) is 18.1 Å². The average Bonchev–Trinajstić information content (AvgIpc) is 3.15. The Hall–Kier alpha value is -3.15. The van der Waals surface area contributed by atoms with Gasteiger partial charge in [-0.05, 0) is 30.2 Å². The number of benzene rings is 1. The molecule has 6 nitrogen and oxygen atoms in total. The van der Waals surface area contributed by atoms with Gasteiger partial charge in [0.15, 0.2) is 5.76 Å². The third kappa shape index (κ3) is 3.38. The zero-order valence-electron chi connectivity index (χ0n) is 13.5. The van der Waals surface area contributed by atoms with Crippen LogP contribution in [0.2, 0.25) is 0 Å². The Balaban J connectivity index is 1.36. The molecule has 1 N–H and O–H groups in total. The van der Waals surface area contributed by atoms with Crippen molar-refractivity contribution in [2.45, 2.75) is 13.0 Å². The average molecular weight is 335 g/mol. The van der Waals surface area contributed by atoms with Gasteiger partial charge in [-0.25, -0.2) is 0 Å². The molecule has 1 aliphatic rings. The van der Waals surface area contributed by atoms with E-state index in [4.69, 9.17) is 9.26 Å². The third-order valence-corrected chi connectivity index (χ3v) is 4.17. The molecule has 1 unspecified atom stereocenters. The van der Waals surface area contributed by atoms with Crippen molar-refractivity contribution in [3.05, 3.63) is 66.1 Å². The summed E-state index contributed by atoms with van der Waals surface area (Å²) in [5.74, 6) is 1.20. The number of nitrogens with one attached hydrogen (secondary N) is 1. The number of pyridine rings is 1. The van der Waals surface area contributed by atoms with E-state index in [0.29, 0.717) is 24.5 Å². The predicted molar refractivity (Wildman–Crippen MR) is 90.7 cm³/mol. The largest absolute Gasteiger partial charge is 0.492 e. The van der Waals surface area contributed by atoms with E-state index >= 15 is 0 Å². The molecule has 1 aromatic carbocycles. The molecule has 3 heterocycles. The molecule has 25 heavy (non-hydrogen) atoms. The van der Waals surface area contributed by atoms with E-state index in [9.17, 15) is 4.79 Å². The standard InChI is InChI=1S/C19H17N3O3/c23-19(14-9-13-5-1-2-7-18(13)24-12-14)21-11-15-10-17(22-25-15)16-6-3-4-8-20-16/h1-8,10,14H,9,11-12H2,(H,21,23). The van der Waals surface area contributed by atoms with Crippen LogP contribution in [-0.4, -0.2) is 22.7 Å². The number of fused-ring (bicyclic) bond motifs is 1. The van der Waals surface area contributed by atoms with Gasteiger partial charge in [-0.1, -0.05) is 29.4 Å². The fourth-order valence-corrected chi connectivity index (χ4v) is 2.85. The third-order valence-electron chi connectivity index (χ3n) is 4.17. The number of carbonyl (C=O) groups excluding carboxylic acids is 1. The number of amides is 1. The second-order valence-electron chi connectivity index (χ2n) is 5.93. The number of ether oxygens (including phenoxy) is 1. The highest BCUT2D eigenvalue weighted by molar-refractivity contribution is 5.79. The number of aromatic nitrogens is 2. The van der Waals surface area contributed by atoms with Crippen LogP contribution < -0.4 is 10.1 Å². The van der Waals surface area contributed by atoms with Crippen LogP contribution in [0.25, 0.3) is 11.4 Å². The summed E-state index contributed by atoms with van der Waals surface area (Å²) in [5, 5.41) is 6.88. The van der Waals surface area contributed by atoms with Crippen molar-refractivity contribution in [2.75, 3.05) is 6.61 Å². The zero-order chi connectivity index (χ0) is 17.1. The molecule has 0 bridgehead atoms. The van der Waals surface area contributed by atoms with Gasteiger partial charge in [-0.3, -0.25) is 9.78 Å². The smallest absolute Gasteiger partial charge is 0.227 e. The summed E-state index contributed by atoms with van der Waals surface area (Å²) in [6.07, 6.45) is 2.38. The van der Waals surface area contributed by atoms with Crippen molar-refractivity contribution >= 4 is 5.91 Å². The number of para-hydroxylation sites is 1. The van der Waals surface area contributed by atoms with Gasteiger partial charge in [0.05, 0.1) is 18.2 Å². The number of carbonyl (C=O) groups is 1. The minimum Gasteiger partial charge on any atom is -0.492 e. The molecule has 2 aromatic heterocycles. The quantitative estimate of drug-likeness (QED) is 0.793. The Morgan fingerprint density at radius 2 is 2.04 bits per heavy atom. The summed E-state index contributed by atoms with van der Waals surface area (Å²) in [5.41, 5.74) is 2.45. The second kappa shape index (κ2) is 6.76. The van der Waals surface area contributed by atoms with Crippen molar-refractivity contribution in [2.24, 2.45) is 5.92 Å². The topological polar surface area (TPSA) is 77.3 Å². The predicted octanol–water partition coefficient (Wildman–Crippen LogP) is 2.60. The van der Waals surface area contributed by atoms with E-state index in [0.717, 1.165) is 17.0 Å². The summed E-state index contributed by atoms with van der Waals surface area (Å²) < 4.78 is 10.9. The lowest BCUT2D eigenvalue weighted by molar-refractivity contribution is -0.126. The highest BCUT2D eigenvalue weighted by atomic mass is 16.5. The van der Waals surface area contributed by atoms with Crippen molar-refractivity contribution in [3.8, 4) is 17.1 Å². The van der Waals surface area contributed by atoms with Crippen LogP contribution in [0.3, 0.4) is 0 Å². The first-order valence-electron chi connectivity index (χ1n) is 8.15. The lowest BCUT2D eigenvalue weighted by Gasteiger charge is -2.24. The first-order valence-corrected chi connectivity index (χ1v) is 8.15. The highest BCUT2D eigenvalue weighted by Gasteiger charge is 2.25. The van der Waals surface area contributed by atoms with Gasteiger partial charge in [-0.2, -0.15) is 0 Å². The highest BCUT2D eigenvalue weighted by Crippen LogP contribution is 2.26. The van der Waals surface area contributed by atoms with Crippen molar-refractivity contribution in [3.63, 3.8) is 0 Å². The first-order chi connectivity index (χ1) is 12.3. The van der Waals surface area contributed by atoms with Gasteiger partial charge >= 0.3 is 0 Å². The fourth-order valence-electron chi connectivity index (χ4n) is 2.85. The Morgan fingerprint density at radius 3 is 2.92 bits per heavy atom. The minimum absolute atomic E-state index is 0.0507. The molecule has 1 amide bonds. The van der Waals surface area contributed by atoms with E-state index in [-0.39, 0.29) is 18.4 Å². The van der Waals surface area contributed by atoms with Crippen LogP contribution in [-0.2, 0) is 17.8 Å². The summed E-state index contributed by atoms with van der Waals surface area (Å²) in [6.45, 7) is 0.676. The molecule has 1 aliphatic heterocycles. The van der Waals surface area contributed by atoms with E-state index < -0.39 is 0 Å². The molecule has 0 fully saturated rings.